The minimum absolute atomic E-state index is 0.108. The predicted molar refractivity (Wildman–Crippen MR) is 87.5 cm³/mol. The van der Waals surface area contributed by atoms with Crippen LogP contribution in [0, 0.1) is 12.8 Å². The summed E-state index contributed by atoms with van der Waals surface area (Å²) < 4.78 is 2.41. The number of nitrogens with one attached hydrogen (secondary N) is 1. The largest absolute Gasteiger partial charge is 0.480 e. The molecule has 8 heteroatoms. The maximum atomic E-state index is 12.3. The highest BCUT2D eigenvalue weighted by Crippen LogP contribution is 2.17. The van der Waals surface area contributed by atoms with Gasteiger partial charge in [0, 0.05) is 4.47 Å². The average Bonchev–Trinajstić information content (AvgIpc) is 2.85. The zero-order chi connectivity index (χ0) is 17.1. The molecule has 1 aromatic carbocycles. The molecular formula is C15H17BrN4O3. The van der Waals surface area contributed by atoms with E-state index in [1.807, 2.05) is 24.3 Å². The molecule has 2 aromatic rings. The average molecular weight is 381 g/mol. The summed E-state index contributed by atoms with van der Waals surface area (Å²) in [6.45, 7) is 5.16. The SMILES string of the molecule is Cc1c(C(=O)N[C@H](C(=O)O)C(C)C)nnn1-c1cccc(Br)c1. The molecule has 0 radical (unpaired) electrons. The van der Waals surface area contributed by atoms with Crippen molar-refractivity contribution < 1.29 is 14.7 Å². The highest BCUT2D eigenvalue weighted by atomic mass is 79.9. The van der Waals surface area contributed by atoms with Crippen LogP contribution in [0.4, 0.5) is 0 Å². The number of halogens is 1. The first-order valence-electron chi connectivity index (χ1n) is 7.03. The monoisotopic (exact) mass is 380 g/mol. The van der Waals surface area contributed by atoms with Gasteiger partial charge in [0.2, 0.25) is 0 Å². The number of hydrogen-bond acceptors (Lipinski definition) is 4. The van der Waals surface area contributed by atoms with Gasteiger partial charge in [-0.2, -0.15) is 0 Å². The van der Waals surface area contributed by atoms with E-state index in [1.165, 1.54) is 4.68 Å². The van der Waals surface area contributed by atoms with Crippen LogP contribution in [0.15, 0.2) is 28.7 Å². The third-order valence-corrected chi connectivity index (χ3v) is 3.87. The summed E-state index contributed by atoms with van der Waals surface area (Å²) in [5.74, 6) is -1.87. The third-order valence-electron chi connectivity index (χ3n) is 3.38. The second-order valence-electron chi connectivity index (χ2n) is 5.45. The summed E-state index contributed by atoms with van der Waals surface area (Å²) in [6.07, 6.45) is 0. The third kappa shape index (κ3) is 3.76. The number of carbonyl (C=O) groups excluding carboxylic acids is 1. The smallest absolute Gasteiger partial charge is 0.326 e. The van der Waals surface area contributed by atoms with E-state index >= 15 is 0 Å². The standard InChI is InChI=1S/C15H17BrN4O3/c1-8(2)12(15(22)23)17-14(21)13-9(3)20(19-18-13)11-6-4-5-10(16)7-11/h4-8,12H,1-3H3,(H,17,21)(H,22,23)/t12-/m0/s1. The number of amides is 1. The number of rotatable bonds is 5. The summed E-state index contributed by atoms with van der Waals surface area (Å²) in [4.78, 5) is 23.5. The number of nitrogens with zero attached hydrogens (tertiary/aromatic N) is 3. The lowest BCUT2D eigenvalue weighted by Gasteiger charge is -2.17. The van der Waals surface area contributed by atoms with Gasteiger partial charge in [-0.1, -0.05) is 41.1 Å². The van der Waals surface area contributed by atoms with Crippen LogP contribution in [-0.4, -0.2) is 38.0 Å². The van der Waals surface area contributed by atoms with Crippen molar-refractivity contribution in [2.75, 3.05) is 0 Å². The summed E-state index contributed by atoms with van der Waals surface area (Å²) in [5.41, 5.74) is 1.40. The normalized spacial score (nSPS) is 12.2. The van der Waals surface area contributed by atoms with Gasteiger partial charge in [0.25, 0.3) is 5.91 Å². The summed E-state index contributed by atoms with van der Waals surface area (Å²) >= 11 is 3.38. The van der Waals surface area contributed by atoms with Crippen LogP contribution in [0.25, 0.3) is 5.69 Å². The molecule has 1 heterocycles. The summed E-state index contributed by atoms with van der Waals surface area (Å²) in [6, 6.07) is 6.43. The van der Waals surface area contributed by atoms with Crippen molar-refractivity contribution >= 4 is 27.8 Å². The fraction of sp³-hybridized carbons (Fsp3) is 0.333. The van der Waals surface area contributed by atoms with Crippen LogP contribution < -0.4 is 5.32 Å². The number of carboxylic acid groups (broad SMARTS) is 1. The number of hydrogen-bond donors (Lipinski definition) is 2. The molecule has 1 atom stereocenters. The Bertz CT molecular complexity index is 742. The number of carbonyl (C=O) groups is 2. The lowest BCUT2D eigenvalue weighted by Crippen LogP contribution is -2.44. The van der Waals surface area contributed by atoms with Crippen LogP contribution in [0.3, 0.4) is 0 Å². The highest BCUT2D eigenvalue weighted by molar-refractivity contribution is 9.10. The van der Waals surface area contributed by atoms with E-state index in [2.05, 4.69) is 31.6 Å². The zero-order valence-electron chi connectivity index (χ0n) is 12.9. The number of benzene rings is 1. The van der Waals surface area contributed by atoms with E-state index < -0.39 is 17.9 Å². The highest BCUT2D eigenvalue weighted by Gasteiger charge is 2.26. The lowest BCUT2D eigenvalue weighted by molar-refractivity contribution is -0.140. The van der Waals surface area contributed by atoms with Crippen LogP contribution in [0.5, 0.6) is 0 Å². The Morgan fingerprint density at radius 1 is 1.35 bits per heavy atom. The Morgan fingerprint density at radius 3 is 2.61 bits per heavy atom. The van der Waals surface area contributed by atoms with Crippen LogP contribution in [0.2, 0.25) is 0 Å². The zero-order valence-corrected chi connectivity index (χ0v) is 14.5. The van der Waals surface area contributed by atoms with Crippen molar-refractivity contribution in [1.82, 2.24) is 20.3 Å². The van der Waals surface area contributed by atoms with Crippen molar-refractivity contribution in [3.05, 3.63) is 40.1 Å². The second kappa shape index (κ2) is 6.91. The van der Waals surface area contributed by atoms with Crippen LogP contribution >= 0.6 is 15.9 Å². The van der Waals surface area contributed by atoms with Crippen molar-refractivity contribution in [3.63, 3.8) is 0 Å². The van der Waals surface area contributed by atoms with Gasteiger partial charge in [-0.25, -0.2) is 9.48 Å². The minimum Gasteiger partial charge on any atom is -0.480 e. The molecule has 2 N–H and O–H groups in total. The first-order chi connectivity index (χ1) is 10.8. The van der Waals surface area contributed by atoms with Crippen molar-refractivity contribution in [3.8, 4) is 5.69 Å². The van der Waals surface area contributed by atoms with E-state index in [0.717, 1.165) is 10.2 Å². The maximum Gasteiger partial charge on any atom is 0.326 e. The topological polar surface area (TPSA) is 97.1 Å². The molecule has 0 aliphatic rings. The molecular weight excluding hydrogens is 364 g/mol. The van der Waals surface area contributed by atoms with E-state index in [1.54, 1.807) is 20.8 Å². The predicted octanol–water partition coefficient (Wildman–Crippen LogP) is 2.18. The van der Waals surface area contributed by atoms with Gasteiger partial charge in [0.15, 0.2) is 5.69 Å². The van der Waals surface area contributed by atoms with Gasteiger partial charge in [0.1, 0.15) is 6.04 Å². The first-order valence-corrected chi connectivity index (χ1v) is 7.82. The van der Waals surface area contributed by atoms with E-state index in [4.69, 9.17) is 5.11 Å². The Hall–Kier alpha value is -2.22. The van der Waals surface area contributed by atoms with E-state index in [-0.39, 0.29) is 11.6 Å². The Labute approximate surface area is 141 Å². The van der Waals surface area contributed by atoms with Gasteiger partial charge in [0.05, 0.1) is 11.4 Å². The van der Waals surface area contributed by atoms with Gasteiger partial charge >= 0.3 is 5.97 Å². The molecule has 0 aliphatic carbocycles. The van der Waals surface area contributed by atoms with E-state index in [9.17, 15) is 9.59 Å². The summed E-state index contributed by atoms with van der Waals surface area (Å²) in [7, 11) is 0. The molecule has 23 heavy (non-hydrogen) atoms. The van der Waals surface area contributed by atoms with Crippen LogP contribution in [-0.2, 0) is 4.79 Å². The molecule has 0 spiro atoms. The van der Waals surface area contributed by atoms with Crippen molar-refractivity contribution in [1.29, 1.82) is 0 Å². The molecule has 0 bridgehead atoms. The van der Waals surface area contributed by atoms with E-state index in [0.29, 0.717) is 5.69 Å². The quantitative estimate of drug-likeness (QED) is 0.828. The number of carboxylic acids is 1. The molecule has 122 valence electrons. The Morgan fingerprint density at radius 2 is 2.04 bits per heavy atom. The molecule has 0 fully saturated rings. The molecule has 0 saturated carbocycles. The number of aromatic nitrogens is 3. The molecule has 7 nitrogen and oxygen atoms in total. The second-order valence-corrected chi connectivity index (χ2v) is 6.36. The molecule has 1 amide bonds. The maximum absolute atomic E-state index is 12.3. The molecule has 2 rings (SSSR count). The number of aliphatic carboxylic acids is 1. The van der Waals surface area contributed by atoms with Gasteiger partial charge in [-0.05, 0) is 31.0 Å². The van der Waals surface area contributed by atoms with Crippen molar-refractivity contribution in [2.45, 2.75) is 26.8 Å². The Kier molecular flexibility index (Phi) is 5.15. The molecule has 1 aromatic heterocycles. The fourth-order valence-corrected chi connectivity index (χ4v) is 2.50. The summed E-state index contributed by atoms with van der Waals surface area (Å²) in [5, 5.41) is 19.5. The molecule has 0 aliphatic heterocycles. The van der Waals surface area contributed by atoms with Crippen molar-refractivity contribution in [2.24, 2.45) is 5.92 Å². The minimum atomic E-state index is -1.08. The van der Waals surface area contributed by atoms with Crippen LogP contribution in [0.1, 0.15) is 30.0 Å². The van der Waals surface area contributed by atoms with Gasteiger partial charge in [-0.3, -0.25) is 4.79 Å². The van der Waals surface area contributed by atoms with Gasteiger partial charge in [-0.15, -0.1) is 5.10 Å². The Balaban J connectivity index is 2.28. The fourth-order valence-electron chi connectivity index (χ4n) is 2.12. The lowest BCUT2D eigenvalue weighted by atomic mass is 10.0. The van der Waals surface area contributed by atoms with Gasteiger partial charge < -0.3 is 10.4 Å². The molecule has 0 saturated heterocycles. The first kappa shape index (κ1) is 17.1. The molecule has 0 unspecified atom stereocenters.